The minimum absolute atomic E-state index is 0.174. The third-order valence-corrected chi connectivity index (χ3v) is 5.60. The molecule has 7 heteroatoms. The van der Waals surface area contributed by atoms with Crippen molar-refractivity contribution in [3.05, 3.63) is 23.7 Å². The van der Waals surface area contributed by atoms with E-state index in [-0.39, 0.29) is 5.76 Å². The van der Waals surface area contributed by atoms with E-state index >= 15 is 0 Å². The SMILES string of the molecule is CCNC(=NCc1ccc(C(N)=O)o1)NC1CCN(C2CCCCC2)CC1. The summed E-state index contributed by atoms with van der Waals surface area (Å²) in [6.07, 6.45) is 9.24. The summed E-state index contributed by atoms with van der Waals surface area (Å²) in [5, 5.41) is 6.86. The molecular weight excluding hydrogens is 342 g/mol. The number of amides is 1. The van der Waals surface area contributed by atoms with Gasteiger partial charge in [-0.3, -0.25) is 4.79 Å². The lowest BCUT2D eigenvalue weighted by molar-refractivity contribution is 0.0972. The lowest BCUT2D eigenvalue weighted by atomic mass is 9.92. The Morgan fingerprint density at radius 2 is 1.96 bits per heavy atom. The Morgan fingerprint density at radius 1 is 1.22 bits per heavy atom. The van der Waals surface area contributed by atoms with Gasteiger partial charge in [0.05, 0.1) is 0 Å². The molecule has 4 N–H and O–H groups in total. The first-order valence-corrected chi connectivity index (χ1v) is 10.3. The molecule has 0 spiro atoms. The molecule has 1 saturated heterocycles. The molecule has 1 aromatic rings. The lowest BCUT2D eigenvalue weighted by Crippen LogP contribution is -2.50. The van der Waals surface area contributed by atoms with Crippen LogP contribution < -0.4 is 16.4 Å². The molecule has 3 rings (SSSR count). The minimum Gasteiger partial charge on any atom is -0.454 e. The predicted octanol–water partition coefficient (Wildman–Crippen LogP) is 2.23. The molecule has 1 aromatic heterocycles. The number of guanidine groups is 1. The maximum Gasteiger partial charge on any atom is 0.284 e. The van der Waals surface area contributed by atoms with E-state index in [9.17, 15) is 4.79 Å². The monoisotopic (exact) mass is 375 g/mol. The number of primary amides is 1. The second-order valence-corrected chi connectivity index (χ2v) is 7.57. The Kier molecular flexibility index (Phi) is 7.15. The fourth-order valence-corrected chi connectivity index (χ4v) is 4.12. The molecule has 2 heterocycles. The van der Waals surface area contributed by atoms with Crippen molar-refractivity contribution in [2.45, 2.75) is 70.5 Å². The van der Waals surface area contributed by atoms with Crippen LogP contribution in [0.25, 0.3) is 0 Å². The molecule has 0 unspecified atom stereocenters. The molecule has 0 atom stereocenters. The number of nitrogens with zero attached hydrogens (tertiary/aromatic N) is 2. The number of nitrogens with two attached hydrogens (primary N) is 1. The van der Waals surface area contributed by atoms with Crippen molar-refractivity contribution in [2.24, 2.45) is 10.7 Å². The number of nitrogens with one attached hydrogen (secondary N) is 2. The zero-order valence-corrected chi connectivity index (χ0v) is 16.4. The van der Waals surface area contributed by atoms with Gasteiger partial charge in [-0.25, -0.2) is 4.99 Å². The van der Waals surface area contributed by atoms with Crippen LogP contribution in [-0.2, 0) is 6.54 Å². The molecule has 1 aliphatic heterocycles. The van der Waals surface area contributed by atoms with Gasteiger partial charge in [0.1, 0.15) is 12.3 Å². The maximum absolute atomic E-state index is 11.1. The van der Waals surface area contributed by atoms with E-state index in [0.29, 0.717) is 18.3 Å². The highest BCUT2D eigenvalue weighted by Gasteiger charge is 2.26. The topological polar surface area (TPSA) is 95.9 Å². The molecule has 150 valence electrons. The first-order valence-electron chi connectivity index (χ1n) is 10.3. The van der Waals surface area contributed by atoms with Crippen LogP contribution in [-0.4, -0.2) is 48.5 Å². The van der Waals surface area contributed by atoms with Gasteiger partial charge in [-0.1, -0.05) is 19.3 Å². The van der Waals surface area contributed by atoms with E-state index < -0.39 is 5.91 Å². The quantitative estimate of drug-likeness (QED) is 0.523. The summed E-state index contributed by atoms with van der Waals surface area (Å²) in [6.45, 7) is 5.58. The number of rotatable bonds is 6. The first kappa shape index (κ1) is 19.7. The molecule has 2 fully saturated rings. The van der Waals surface area contributed by atoms with E-state index in [0.717, 1.165) is 31.4 Å². The van der Waals surface area contributed by atoms with Gasteiger partial charge in [-0.2, -0.15) is 0 Å². The fraction of sp³-hybridized carbons (Fsp3) is 0.700. The van der Waals surface area contributed by atoms with Crippen LogP contribution in [0.5, 0.6) is 0 Å². The summed E-state index contributed by atoms with van der Waals surface area (Å²) in [5.74, 6) is 1.05. The van der Waals surface area contributed by atoms with E-state index in [2.05, 4.69) is 27.4 Å². The number of aliphatic imine (C=N–C) groups is 1. The van der Waals surface area contributed by atoms with Gasteiger partial charge in [-0.05, 0) is 44.7 Å². The summed E-state index contributed by atoms with van der Waals surface area (Å²) >= 11 is 0. The Hall–Kier alpha value is -2.02. The molecule has 7 nitrogen and oxygen atoms in total. The van der Waals surface area contributed by atoms with Crippen LogP contribution in [0.3, 0.4) is 0 Å². The average molecular weight is 376 g/mol. The Bertz CT molecular complexity index is 628. The number of piperidine rings is 1. The zero-order chi connectivity index (χ0) is 19.1. The highest BCUT2D eigenvalue weighted by molar-refractivity contribution is 5.89. The van der Waals surface area contributed by atoms with Gasteiger partial charge in [0.15, 0.2) is 11.7 Å². The van der Waals surface area contributed by atoms with Crippen molar-refractivity contribution >= 4 is 11.9 Å². The van der Waals surface area contributed by atoms with Crippen LogP contribution in [0.4, 0.5) is 0 Å². The second kappa shape index (κ2) is 9.78. The number of carbonyl (C=O) groups is 1. The Morgan fingerprint density at radius 3 is 2.59 bits per heavy atom. The normalized spacial score (nSPS) is 20.6. The molecule has 2 aliphatic rings. The molecule has 1 amide bonds. The number of furan rings is 1. The molecule has 1 saturated carbocycles. The van der Waals surface area contributed by atoms with E-state index in [1.165, 1.54) is 45.2 Å². The maximum atomic E-state index is 11.1. The summed E-state index contributed by atoms with van der Waals surface area (Å²) < 4.78 is 5.40. The molecule has 1 aliphatic carbocycles. The van der Waals surface area contributed by atoms with Crippen LogP contribution in [0, 0.1) is 0 Å². The van der Waals surface area contributed by atoms with Gasteiger partial charge >= 0.3 is 0 Å². The van der Waals surface area contributed by atoms with Crippen molar-refractivity contribution in [1.29, 1.82) is 0 Å². The van der Waals surface area contributed by atoms with E-state index in [4.69, 9.17) is 10.2 Å². The Labute approximate surface area is 161 Å². The van der Waals surface area contributed by atoms with Gasteiger partial charge in [0.25, 0.3) is 5.91 Å². The molecule has 0 aromatic carbocycles. The van der Waals surface area contributed by atoms with Crippen molar-refractivity contribution in [3.8, 4) is 0 Å². The number of hydrogen-bond donors (Lipinski definition) is 3. The summed E-state index contributed by atoms with van der Waals surface area (Å²) in [6, 6.07) is 4.59. The van der Waals surface area contributed by atoms with E-state index in [1.807, 2.05) is 0 Å². The van der Waals surface area contributed by atoms with Crippen LogP contribution in [0.15, 0.2) is 21.5 Å². The standard InChI is InChI=1S/C20H33N5O2/c1-2-22-20(23-14-17-8-9-18(27-17)19(21)26)24-15-10-12-25(13-11-15)16-6-4-3-5-7-16/h8-9,15-16H,2-7,10-14H2,1H3,(H2,21,26)(H2,22,23,24). The Balaban J connectivity index is 1.49. The van der Waals surface area contributed by atoms with E-state index in [1.54, 1.807) is 12.1 Å². The summed E-state index contributed by atoms with van der Waals surface area (Å²) in [7, 11) is 0. The molecule has 0 bridgehead atoms. The molecule has 27 heavy (non-hydrogen) atoms. The number of likely N-dealkylation sites (tertiary alicyclic amines) is 1. The largest absolute Gasteiger partial charge is 0.454 e. The second-order valence-electron chi connectivity index (χ2n) is 7.57. The van der Waals surface area contributed by atoms with Gasteiger partial charge < -0.3 is 25.7 Å². The van der Waals surface area contributed by atoms with Gasteiger partial charge in [0.2, 0.25) is 0 Å². The van der Waals surface area contributed by atoms with Gasteiger partial charge in [-0.15, -0.1) is 0 Å². The van der Waals surface area contributed by atoms with Gasteiger partial charge in [0, 0.05) is 31.7 Å². The zero-order valence-electron chi connectivity index (χ0n) is 16.4. The number of hydrogen-bond acceptors (Lipinski definition) is 4. The molecular formula is C20H33N5O2. The highest BCUT2D eigenvalue weighted by atomic mass is 16.3. The van der Waals surface area contributed by atoms with Crippen LogP contribution in [0.2, 0.25) is 0 Å². The van der Waals surface area contributed by atoms with Crippen molar-refractivity contribution in [3.63, 3.8) is 0 Å². The third-order valence-electron chi connectivity index (χ3n) is 5.60. The smallest absolute Gasteiger partial charge is 0.284 e. The predicted molar refractivity (Wildman–Crippen MR) is 107 cm³/mol. The van der Waals surface area contributed by atoms with Crippen molar-refractivity contribution in [2.75, 3.05) is 19.6 Å². The van der Waals surface area contributed by atoms with Crippen molar-refractivity contribution < 1.29 is 9.21 Å². The fourth-order valence-electron chi connectivity index (χ4n) is 4.12. The minimum atomic E-state index is -0.556. The molecule has 0 radical (unpaired) electrons. The van der Waals surface area contributed by atoms with Crippen LogP contribution >= 0.6 is 0 Å². The number of carbonyl (C=O) groups excluding carboxylic acids is 1. The van der Waals surface area contributed by atoms with Crippen molar-refractivity contribution in [1.82, 2.24) is 15.5 Å². The lowest BCUT2D eigenvalue weighted by Gasteiger charge is -2.39. The summed E-state index contributed by atoms with van der Waals surface area (Å²) in [5.41, 5.74) is 5.22. The highest BCUT2D eigenvalue weighted by Crippen LogP contribution is 2.25. The summed E-state index contributed by atoms with van der Waals surface area (Å²) in [4.78, 5) is 18.4. The van der Waals surface area contributed by atoms with Crippen LogP contribution in [0.1, 0.15) is 68.2 Å². The first-order chi connectivity index (χ1) is 13.2. The third kappa shape index (κ3) is 5.73. The average Bonchev–Trinajstić information content (AvgIpc) is 3.17.